The van der Waals surface area contributed by atoms with Gasteiger partial charge in [0.25, 0.3) is 0 Å². The van der Waals surface area contributed by atoms with Gasteiger partial charge in [0.15, 0.2) is 0 Å². The van der Waals surface area contributed by atoms with Gasteiger partial charge in [-0.1, -0.05) is 29.3 Å². The molecule has 0 unspecified atom stereocenters. The maximum absolute atomic E-state index is 12.0. The molecule has 1 aromatic heterocycles. The Bertz CT molecular complexity index is 627. The number of urea groups is 1. The summed E-state index contributed by atoms with van der Waals surface area (Å²) in [6.07, 6.45) is 0. The number of hydrogen-bond acceptors (Lipinski definition) is 2. The minimum atomic E-state index is -0.271. The topological polar surface area (TPSA) is 41.1 Å². The molecule has 0 aliphatic rings. The average molecular weight is 329 g/mol. The minimum Gasteiger partial charge on any atom is -0.331 e. The third-order valence-corrected chi connectivity index (χ3v) is 4.71. The molecule has 0 aliphatic heterocycles. The van der Waals surface area contributed by atoms with E-state index in [9.17, 15) is 4.79 Å². The first-order valence-corrected chi connectivity index (χ1v) is 7.62. The number of amides is 2. The molecule has 0 saturated carbocycles. The summed E-state index contributed by atoms with van der Waals surface area (Å²) < 4.78 is 0.708. The van der Waals surface area contributed by atoms with Crippen LogP contribution in [0.15, 0.2) is 30.3 Å². The molecule has 106 valence electrons. The minimum absolute atomic E-state index is 0.105. The molecule has 1 heterocycles. The SMILES string of the molecule is Cc1c(Cl)cccc1NC(=O)N[C@@H](C)c1ccc(Cl)s1. The standard InChI is InChI=1S/C14H14Cl2N2OS/c1-8-10(15)4-3-5-11(8)18-14(19)17-9(2)12-6-7-13(16)20-12/h3-7,9H,1-2H3,(H2,17,18,19)/t9-/m0/s1. The molecule has 0 spiro atoms. The number of anilines is 1. The van der Waals surface area contributed by atoms with E-state index in [4.69, 9.17) is 23.2 Å². The second-order valence-electron chi connectivity index (χ2n) is 4.37. The number of halogens is 2. The van der Waals surface area contributed by atoms with Gasteiger partial charge in [-0.3, -0.25) is 0 Å². The summed E-state index contributed by atoms with van der Waals surface area (Å²) in [6.45, 7) is 3.77. The van der Waals surface area contributed by atoms with Gasteiger partial charge in [0.1, 0.15) is 0 Å². The molecule has 2 aromatic rings. The second-order valence-corrected chi connectivity index (χ2v) is 6.53. The van der Waals surface area contributed by atoms with E-state index in [-0.39, 0.29) is 12.1 Å². The Hall–Kier alpha value is -1.23. The van der Waals surface area contributed by atoms with E-state index in [1.54, 1.807) is 12.1 Å². The zero-order valence-corrected chi connectivity index (χ0v) is 13.4. The lowest BCUT2D eigenvalue weighted by Crippen LogP contribution is -2.31. The Kier molecular flexibility index (Phi) is 4.91. The van der Waals surface area contributed by atoms with Crippen LogP contribution in [0, 0.1) is 6.92 Å². The van der Waals surface area contributed by atoms with Crippen molar-refractivity contribution >= 4 is 46.3 Å². The van der Waals surface area contributed by atoms with Crippen molar-refractivity contribution in [2.75, 3.05) is 5.32 Å². The van der Waals surface area contributed by atoms with Crippen molar-refractivity contribution in [3.05, 3.63) is 50.1 Å². The van der Waals surface area contributed by atoms with Crippen LogP contribution in [0.2, 0.25) is 9.36 Å². The van der Waals surface area contributed by atoms with Crippen LogP contribution in [-0.4, -0.2) is 6.03 Å². The summed E-state index contributed by atoms with van der Waals surface area (Å²) >= 11 is 13.4. The molecular formula is C14H14Cl2N2OS. The first kappa shape index (κ1) is 15.2. The number of rotatable bonds is 3. The molecule has 0 radical (unpaired) electrons. The van der Waals surface area contributed by atoms with Gasteiger partial charge in [-0.25, -0.2) is 4.79 Å². The molecular weight excluding hydrogens is 315 g/mol. The van der Waals surface area contributed by atoms with Gasteiger partial charge in [-0.2, -0.15) is 0 Å². The lowest BCUT2D eigenvalue weighted by Gasteiger charge is -2.14. The lowest BCUT2D eigenvalue weighted by molar-refractivity contribution is 0.249. The number of thiophene rings is 1. The quantitative estimate of drug-likeness (QED) is 0.794. The van der Waals surface area contributed by atoms with Gasteiger partial charge < -0.3 is 10.6 Å². The third kappa shape index (κ3) is 3.66. The van der Waals surface area contributed by atoms with Crippen molar-refractivity contribution in [3.8, 4) is 0 Å². The molecule has 0 aliphatic carbocycles. The maximum Gasteiger partial charge on any atom is 0.319 e. The van der Waals surface area contributed by atoms with Crippen molar-refractivity contribution < 1.29 is 4.79 Å². The van der Waals surface area contributed by atoms with E-state index >= 15 is 0 Å². The van der Waals surface area contributed by atoms with E-state index in [2.05, 4.69) is 10.6 Å². The second kappa shape index (κ2) is 6.48. The highest BCUT2D eigenvalue weighted by Gasteiger charge is 2.12. The van der Waals surface area contributed by atoms with Crippen molar-refractivity contribution in [2.45, 2.75) is 19.9 Å². The van der Waals surface area contributed by atoms with Crippen LogP contribution in [-0.2, 0) is 0 Å². The Balaban J connectivity index is 2.00. The van der Waals surface area contributed by atoms with E-state index < -0.39 is 0 Å². The van der Waals surface area contributed by atoms with Crippen molar-refractivity contribution in [1.82, 2.24) is 5.32 Å². The molecule has 2 amide bonds. The molecule has 6 heteroatoms. The Morgan fingerprint density at radius 3 is 2.65 bits per heavy atom. The predicted molar refractivity (Wildman–Crippen MR) is 86.1 cm³/mol. The number of carbonyl (C=O) groups excluding carboxylic acids is 1. The molecule has 1 aromatic carbocycles. The Morgan fingerprint density at radius 1 is 1.25 bits per heavy atom. The summed E-state index contributed by atoms with van der Waals surface area (Å²) in [4.78, 5) is 13.0. The van der Waals surface area contributed by atoms with Gasteiger partial charge in [0.05, 0.1) is 10.4 Å². The smallest absolute Gasteiger partial charge is 0.319 e. The van der Waals surface area contributed by atoms with Gasteiger partial charge in [-0.15, -0.1) is 11.3 Å². The van der Waals surface area contributed by atoms with Crippen LogP contribution in [0.5, 0.6) is 0 Å². The molecule has 1 atom stereocenters. The normalized spacial score (nSPS) is 12.0. The van der Waals surface area contributed by atoms with Crippen molar-refractivity contribution in [2.24, 2.45) is 0 Å². The van der Waals surface area contributed by atoms with Crippen LogP contribution in [0.1, 0.15) is 23.4 Å². The highest BCUT2D eigenvalue weighted by Crippen LogP contribution is 2.27. The van der Waals surface area contributed by atoms with Crippen molar-refractivity contribution in [1.29, 1.82) is 0 Å². The van der Waals surface area contributed by atoms with Gasteiger partial charge in [-0.05, 0) is 43.7 Å². The number of nitrogens with one attached hydrogen (secondary N) is 2. The number of hydrogen-bond donors (Lipinski definition) is 2. The fourth-order valence-corrected chi connectivity index (χ4v) is 2.97. The molecule has 0 fully saturated rings. The summed E-state index contributed by atoms with van der Waals surface area (Å²) in [6, 6.07) is 8.75. The number of benzene rings is 1. The summed E-state index contributed by atoms with van der Waals surface area (Å²) in [5, 5.41) is 6.28. The van der Waals surface area contributed by atoms with E-state index in [1.165, 1.54) is 11.3 Å². The fourth-order valence-electron chi connectivity index (χ4n) is 1.73. The monoisotopic (exact) mass is 328 g/mol. The molecule has 20 heavy (non-hydrogen) atoms. The molecule has 2 rings (SSSR count). The van der Waals surface area contributed by atoms with Gasteiger partial charge >= 0.3 is 6.03 Å². The van der Waals surface area contributed by atoms with Crippen LogP contribution >= 0.6 is 34.5 Å². The molecule has 0 bridgehead atoms. The van der Waals surface area contributed by atoms with E-state index in [1.807, 2.05) is 32.0 Å². The zero-order chi connectivity index (χ0) is 14.7. The Labute approximate surface area is 131 Å². The van der Waals surface area contributed by atoms with Crippen LogP contribution in [0.4, 0.5) is 10.5 Å². The first-order chi connectivity index (χ1) is 9.47. The van der Waals surface area contributed by atoms with Crippen LogP contribution in [0.3, 0.4) is 0 Å². The third-order valence-electron chi connectivity index (χ3n) is 2.88. The van der Waals surface area contributed by atoms with E-state index in [0.717, 1.165) is 10.4 Å². The predicted octanol–water partition coefficient (Wildman–Crippen LogP) is 5.25. The maximum atomic E-state index is 12.0. The van der Waals surface area contributed by atoms with Crippen LogP contribution < -0.4 is 10.6 Å². The largest absolute Gasteiger partial charge is 0.331 e. The van der Waals surface area contributed by atoms with Crippen LogP contribution in [0.25, 0.3) is 0 Å². The molecule has 2 N–H and O–H groups in total. The molecule has 3 nitrogen and oxygen atoms in total. The highest BCUT2D eigenvalue weighted by atomic mass is 35.5. The zero-order valence-electron chi connectivity index (χ0n) is 11.0. The highest BCUT2D eigenvalue weighted by molar-refractivity contribution is 7.16. The number of carbonyl (C=O) groups is 1. The fraction of sp³-hybridized carbons (Fsp3) is 0.214. The molecule has 0 saturated heterocycles. The summed E-state index contributed by atoms with van der Waals surface area (Å²) in [5.41, 5.74) is 1.54. The lowest BCUT2D eigenvalue weighted by atomic mass is 10.2. The first-order valence-electron chi connectivity index (χ1n) is 6.05. The van der Waals surface area contributed by atoms with E-state index in [0.29, 0.717) is 15.0 Å². The average Bonchev–Trinajstić information content (AvgIpc) is 2.82. The summed E-state index contributed by atoms with van der Waals surface area (Å²) in [7, 11) is 0. The van der Waals surface area contributed by atoms with Gasteiger partial charge in [0.2, 0.25) is 0 Å². The van der Waals surface area contributed by atoms with Crippen molar-refractivity contribution in [3.63, 3.8) is 0 Å². The Morgan fingerprint density at radius 2 is 2.00 bits per heavy atom. The summed E-state index contributed by atoms with van der Waals surface area (Å²) in [5.74, 6) is 0. The van der Waals surface area contributed by atoms with Gasteiger partial charge in [0, 0.05) is 15.6 Å².